The fourth-order valence-corrected chi connectivity index (χ4v) is 2.37. The zero-order valence-electron chi connectivity index (χ0n) is 9.15. The normalized spacial score (nSPS) is 19.9. The molecule has 0 aromatic heterocycles. The summed E-state index contributed by atoms with van der Waals surface area (Å²) < 4.78 is 5.06. The molecule has 0 N–H and O–H groups in total. The Hall–Kier alpha value is -1.03. The molecule has 16 heavy (non-hydrogen) atoms. The van der Waals surface area contributed by atoms with E-state index >= 15 is 0 Å². The first-order valence-electron chi connectivity index (χ1n) is 5.28. The number of hydrogen-bond donors (Lipinski definition) is 0. The van der Waals surface area contributed by atoms with Gasteiger partial charge in [-0.1, -0.05) is 15.9 Å². The minimum Gasteiger partial charge on any atom is -0.497 e. The van der Waals surface area contributed by atoms with Gasteiger partial charge in [0.25, 0.3) is 5.91 Å². The molecule has 1 atom stereocenters. The fourth-order valence-electron chi connectivity index (χ4n) is 1.82. The molecule has 1 amide bonds. The Kier molecular flexibility index (Phi) is 3.49. The Morgan fingerprint density at radius 3 is 2.62 bits per heavy atom. The summed E-state index contributed by atoms with van der Waals surface area (Å²) in [6.07, 6.45) is 1.03. The summed E-state index contributed by atoms with van der Waals surface area (Å²) in [6.45, 7) is 1.63. The topological polar surface area (TPSA) is 29.5 Å². The number of alkyl halides is 1. The second-order valence-corrected chi connectivity index (χ2v) is 5.16. The van der Waals surface area contributed by atoms with Crippen LogP contribution >= 0.6 is 15.9 Å². The van der Waals surface area contributed by atoms with E-state index < -0.39 is 0 Å². The highest BCUT2D eigenvalue weighted by molar-refractivity contribution is 9.09. The molecule has 1 aliphatic rings. The molecule has 1 aliphatic heterocycles. The van der Waals surface area contributed by atoms with Gasteiger partial charge in [0.05, 0.1) is 7.11 Å². The summed E-state index contributed by atoms with van der Waals surface area (Å²) >= 11 is 3.53. The molecule has 4 heteroatoms. The summed E-state index contributed by atoms with van der Waals surface area (Å²) in [5.41, 5.74) is 0.724. The lowest BCUT2D eigenvalue weighted by atomic mass is 10.2. The number of ether oxygens (including phenoxy) is 1. The first-order valence-corrected chi connectivity index (χ1v) is 6.19. The maximum atomic E-state index is 12.1. The van der Waals surface area contributed by atoms with Crippen LogP contribution in [0.3, 0.4) is 0 Å². The van der Waals surface area contributed by atoms with Gasteiger partial charge in [-0.2, -0.15) is 0 Å². The van der Waals surface area contributed by atoms with Gasteiger partial charge in [0, 0.05) is 23.5 Å². The van der Waals surface area contributed by atoms with Crippen molar-refractivity contribution in [2.75, 3.05) is 20.2 Å². The number of amides is 1. The third-order valence-electron chi connectivity index (χ3n) is 2.75. The molecule has 0 radical (unpaired) electrons. The highest BCUT2D eigenvalue weighted by atomic mass is 79.9. The monoisotopic (exact) mass is 283 g/mol. The number of carbonyl (C=O) groups excluding carboxylic acids is 1. The summed E-state index contributed by atoms with van der Waals surface area (Å²) in [5, 5.41) is 0. The molecule has 1 fully saturated rings. The maximum Gasteiger partial charge on any atom is 0.253 e. The number of benzene rings is 1. The summed E-state index contributed by atoms with van der Waals surface area (Å²) in [4.78, 5) is 14.4. The number of methoxy groups -OCH3 is 1. The Labute approximate surface area is 104 Å². The maximum absolute atomic E-state index is 12.1. The van der Waals surface area contributed by atoms with Crippen molar-refractivity contribution in [3.05, 3.63) is 29.8 Å². The van der Waals surface area contributed by atoms with Gasteiger partial charge in [0.1, 0.15) is 5.75 Å². The van der Waals surface area contributed by atoms with Crippen LogP contribution in [0.5, 0.6) is 5.75 Å². The number of likely N-dealkylation sites (tertiary alicyclic amines) is 1. The van der Waals surface area contributed by atoms with Crippen LogP contribution in [0.4, 0.5) is 0 Å². The summed E-state index contributed by atoms with van der Waals surface area (Å²) in [7, 11) is 1.62. The van der Waals surface area contributed by atoms with Gasteiger partial charge >= 0.3 is 0 Å². The predicted molar refractivity (Wildman–Crippen MR) is 66.2 cm³/mol. The molecule has 1 aromatic rings. The number of hydrogen-bond acceptors (Lipinski definition) is 2. The zero-order valence-corrected chi connectivity index (χ0v) is 10.7. The average Bonchev–Trinajstić information content (AvgIpc) is 2.75. The second kappa shape index (κ2) is 4.87. The lowest BCUT2D eigenvalue weighted by Gasteiger charge is -2.15. The van der Waals surface area contributed by atoms with Crippen molar-refractivity contribution in [3.8, 4) is 5.75 Å². The average molecular weight is 284 g/mol. The van der Waals surface area contributed by atoms with Crippen LogP contribution in [0, 0.1) is 0 Å². The van der Waals surface area contributed by atoms with Crippen molar-refractivity contribution in [1.29, 1.82) is 0 Å². The third-order valence-corrected chi connectivity index (χ3v) is 3.50. The molecule has 3 nitrogen and oxygen atoms in total. The largest absolute Gasteiger partial charge is 0.497 e. The molecule has 1 aromatic carbocycles. The van der Waals surface area contributed by atoms with E-state index in [4.69, 9.17) is 4.74 Å². The lowest BCUT2D eigenvalue weighted by Crippen LogP contribution is -2.28. The minimum absolute atomic E-state index is 0.101. The van der Waals surface area contributed by atoms with Gasteiger partial charge in [-0.25, -0.2) is 0 Å². The van der Waals surface area contributed by atoms with Gasteiger partial charge in [0.2, 0.25) is 0 Å². The SMILES string of the molecule is COc1ccc(C(=O)N2CCC(Br)C2)cc1. The molecule has 0 saturated carbocycles. The van der Waals surface area contributed by atoms with Crippen molar-refractivity contribution in [2.45, 2.75) is 11.2 Å². The highest BCUT2D eigenvalue weighted by Crippen LogP contribution is 2.20. The van der Waals surface area contributed by atoms with E-state index in [1.807, 2.05) is 29.2 Å². The molecule has 1 unspecified atom stereocenters. The number of carbonyl (C=O) groups is 1. The number of nitrogens with zero attached hydrogens (tertiary/aromatic N) is 1. The van der Waals surface area contributed by atoms with Crippen molar-refractivity contribution < 1.29 is 9.53 Å². The Morgan fingerprint density at radius 1 is 1.44 bits per heavy atom. The van der Waals surface area contributed by atoms with Crippen LogP contribution in [0.2, 0.25) is 0 Å². The van der Waals surface area contributed by atoms with Crippen LogP contribution in [0.1, 0.15) is 16.8 Å². The molecule has 0 bridgehead atoms. The molecule has 2 rings (SSSR count). The van der Waals surface area contributed by atoms with E-state index in [0.29, 0.717) is 4.83 Å². The van der Waals surface area contributed by atoms with Crippen molar-refractivity contribution in [2.24, 2.45) is 0 Å². The van der Waals surface area contributed by atoms with Crippen molar-refractivity contribution >= 4 is 21.8 Å². The smallest absolute Gasteiger partial charge is 0.253 e. The second-order valence-electron chi connectivity index (χ2n) is 3.87. The number of rotatable bonds is 2. The summed E-state index contributed by atoms with van der Waals surface area (Å²) in [6, 6.07) is 7.25. The lowest BCUT2D eigenvalue weighted by molar-refractivity contribution is 0.0793. The van der Waals surface area contributed by atoms with E-state index in [-0.39, 0.29) is 5.91 Å². The summed E-state index contributed by atoms with van der Waals surface area (Å²) in [5.74, 6) is 0.876. The molecular formula is C12H14BrNO2. The molecule has 1 saturated heterocycles. The van der Waals surface area contributed by atoms with Crippen molar-refractivity contribution in [3.63, 3.8) is 0 Å². The first kappa shape index (κ1) is 11.5. The van der Waals surface area contributed by atoms with Crippen LogP contribution < -0.4 is 4.74 Å². The molecule has 86 valence electrons. The van der Waals surface area contributed by atoms with Gasteiger partial charge in [-0.05, 0) is 30.7 Å². The van der Waals surface area contributed by atoms with E-state index in [9.17, 15) is 4.79 Å². The first-order chi connectivity index (χ1) is 7.70. The van der Waals surface area contributed by atoms with E-state index in [1.54, 1.807) is 7.11 Å². The van der Waals surface area contributed by atoms with Gasteiger partial charge in [-0.3, -0.25) is 4.79 Å². The van der Waals surface area contributed by atoms with Crippen LogP contribution in [0.15, 0.2) is 24.3 Å². The molecule has 0 aliphatic carbocycles. The van der Waals surface area contributed by atoms with Gasteiger partial charge in [0.15, 0.2) is 0 Å². The van der Waals surface area contributed by atoms with E-state index in [0.717, 1.165) is 30.8 Å². The van der Waals surface area contributed by atoms with Gasteiger partial charge in [-0.15, -0.1) is 0 Å². The van der Waals surface area contributed by atoms with Crippen LogP contribution in [-0.4, -0.2) is 35.8 Å². The van der Waals surface area contributed by atoms with Crippen molar-refractivity contribution in [1.82, 2.24) is 4.90 Å². The zero-order chi connectivity index (χ0) is 11.5. The molecular weight excluding hydrogens is 270 g/mol. The van der Waals surface area contributed by atoms with Crippen LogP contribution in [-0.2, 0) is 0 Å². The standard InChI is InChI=1S/C12H14BrNO2/c1-16-11-4-2-9(3-5-11)12(15)14-7-6-10(13)8-14/h2-5,10H,6-8H2,1H3. The Balaban J connectivity index is 2.08. The molecule has 1 heterocycles. The number of halogens is 1. The molecule has 0 spiro atoms. The minimum atomic E-state index is 0.101. The quantitative estimate of drug-likeness (QED) is 0.780. The third kappa shape index (κ3) is 2.38. The Morgan fingerprint density at radius 2 is 2.12 bits per heavy atom. The van der Waals surface area contributed by atoms with Crippen LogP contribution in [0.25, 0.3) is 0 Å². The van der Waals surface area contributed by atoms with E-state index in [1.165, 1.54) is 0 Å². The fraction of sp³-hybridized carbons (Fsp3) is 0.417. The highest BCUT2D eigenvalue weighted by Gasteiger charge is 2.24. The van der Waals surface area contributed by atoms with Gasteiger partial charge < -0.3 is 9.64 Å². The predicted octanol–water partition coefficient (Wildman–Crippen LogP) is 2.30. The Bertz CT molecular complexity index is 377. The van der Waals surface area contributed by atoms with E-state index in [2.05, 4.69) is 15.9 Å².